The quantitative estimate of drug-likeness (QED) is 0.522. The minimum absolute atomic E-state index is 0.102. The zero-order valence-electron chi connectivity index (χ0n) is 13.9. The van der Waals surface area contributed by atoms with Gasteiger partial charge in [0.1, 0.15) is 11.4 Å². The summed E-state index contributed by atoms with van der Waals surface area (Å²) in [6.07, 6.45) is 2.79. The maximum Gasteiger partial charge on any atom is 0.267 e. The smallest absolute Gasteiger partial charge is 0.267 e. The van der Waals surface area contributed by atoms with Crippen LogP contribution in [0.25, 0.3) is 21.8 Å². The minimum Gasteiger partial charge on any atom is -0.497 e. The fourth-order valence-electron chi connectivity index (χ4n) is 3.10. The molecule has 0 aliphatic carbocycles. The molecule has 5 heteroatoms. The monoisotopic (exact) mass is 333 g/mol. The average molecular weight is 333 g/mol. The first-order valence-electron chi connectivity index (χ1n) is 8.24. The first kappa shape index (κ1) is 15.3. The number of hydrogen-bond acceptors (Lipinski definition) is 2. The zero-order chi connectivity index (χ0) is 17.2. The van der Waals surface area contributed by atoms with Gasteiger partial charge in [-0.25, -0.2) is 0 Å². The van der Waals surface area contributed by atoms with Crippen LogP contribution in [0.3, 0.4) is 0 Å². The fourth-order valence-corrected chi connectivity index (χ4v) is 3.10. The van der Waals surface area contributed by atoms with Gasteiger partial charge >= 0.3 is 0 Å². The van der Waals surface area contributed by atoms with E-state index in [9.17, 15) is 4.79 Å². The predicted octanol–water partition coefficient (Wildman–Crippen LogP) is 3.63. The molecular formula is C20H19N3O2. The van der Waals surface area contributed by atoms with Gasteiger partial charge < -0.3 is 20.0 Å². The van der Waals surface area contributed by atoms with E-state index in [0.717, 1.165) is 28.6 Å². The predicted molar refractivity (Wildman–Crippen MR) is 99.2 cm³/mol. The number of fused-ring (bicyclic) bond motifs is 2. The number of para-hydroxylation sites is 1. The maximum absolute atomic E-state index is 12.4. The summed E-state index contributed by atoms with van der Waals surface area (Å²) in [4.78, 5) is 18.8. The Bertz CT molecular complexity index is 1050. The van der Waals surface area contributed by atoms with E-state index in [1.807, 2.05) is 42.6 Å². The Balaban J connectivity index is 1.43. The van der Waals surface area contributed by atoms with Gasteiger partial charge in [0.25, 0.3) is 5.91 Å². The molecular weight excluding hydrogens is 314 g/mol. The van der Waals surface area contributed by atoms with Gasteiger partial charge in [-0.05, 0) is 36.2 Å². The summed E-state index contributed by atoms with van der Waals surface area (Å²) < 4.78 is 5.21. The van der Waals surface area contributed by atoms with E-state index in [1.165, 1.54) is 10.9 Å². The van der Waals surface area contributed by atoms with Crippen LogP contribution in [-0.2, 0) is 6.42 Å². The van der Waals surface area contributed by atoms with Crippen molar-refractivity contribution in [3.8, 4) is 5.75 Å². The van der Waals surface area contributed by atoms with Crippen LogP contribution in [0.15, 0.2) is 54.7 Å². The Morgan fingerprint density at radius 3 is 2.88 bits per heavy atom. The van der Waals surface area contributed by atoms with Crippen LogP contribution < -0.4 is 10.1 Å². The molecule has 0 unspecified atom stereocenters. The van der Waals surface area contributed by atoms with E-state index < -0.39 is 0 Å². The maximum atomic E-state index is 12.4. The van der Waals surface area contributed by atoms with Crippen LogP contribution in [0.2, 0.25) is 0 Å². The lowest BCUT2D eigenvalue weighted by Gasteiger charge is -2.03. The minimum atomic E-state index is -0.102. The molecule has 0 spiro atoms. The van der Waals surface area contributed by atoms with Crippen LogP contribution >= 0.6 is 0 Å². The summed E-state index contributed by atoms with van der Waals surface area (Å²) in [7, 11) is 1.63. The van der Waals surface area contributed by atoms with Crippen molar-refractivity contribution in [2.24, 2.45) is 0 Å². The number of carbonyl (C=O) groups excluding carboxylic acids is 1. The third-order valence-corrected chi connectivity index (χ3v) is 4.43. The Labute approximate surface area is 145 Å². The number of nitrogens with one attached hydrogen (secondary N) is 3. The van der Waals surface area contributed by atoms with Crippen molar-refractivity contribution >= 4 is 27.7 Å². The summed E-state index contributed by atoms with van der Waals surface area (Å²) in [5.41, 5.74) is 3.77. The highest BCUT2D eigenvalue weighted by molar-refractivity contribution is 5.98. The fraction of sp³-hybridized carbons (Fsp3) is 0.150. The normalized spacial score (nSPS) is 11.1. The second-order valence-corrected chi connectivity index (χ2v) is 6.00. The highest BCUT2D eigenvalue weighted by Gasteiger charge is 2.10. The van der Waals surface area contributed by atoms with Crippen molar-refractivity contribution in [2.45, 2.75) is 6.42 Å². The van der Waals surface area contributed by atoms with Crippen LogP contribution in [0.5, 0.6) is 5.75 Å². The lowest BCUT2D eigenvalue weighted by molar-refractivity contribution is 0.0950. The molecule has 4 rings (SSSR count). The molecule has 1 amide bonds. The molecule has 4 aromatic rings. The summed E-state index contributed by atoms with van der Waals surface area (Å²) in [6.45, 7) is 0.583. The Hall–Kier alpha value is -3.21. The molecule has 0 bridgehead atoms. The second kappa shape index (κ2) is 6.36. The first-order valence-corrected chi connectivity index (χ1v) is 8.24. The molecule has 2 heterocycles. The third-order valence-electron chi connectivity index (χ3n) is 4.43. The highest BCUT2D eigenvalue weighted by atomic mass is 16.5. The lowest BCUT2D eigenvalue weighted by atomic mass is 10.1. The molecule has 0 saturated carbocycles. The highest BCUT2D eigenvalue weighted by Crippen LogP contribution is 2.21. The van der Waals surface area contributed by atoms with E-state index in [-0.39, 0.29) is 5.91 Å². The van der Waals surface area contributed by atoms with Crippen molar-refractivity contribution in [3.05, 3.63) is 66.0 Å². The molecule has 0 saturated heterocycles. The Kier molecular flexibility index (Phi) is 3.90. The Morgan fingerprint density at radius 1 is 1.12 bits per heavy atom. The number of aromatic nitrogens is 2. The summed E-state index contributed by atoms with van der Waals surface area (Å²) >= 11 is 0. The molecule has 126 valence electrons. The van der Waals surface area contributed by atoms with Crippen LogP contribution in [-0.4, -0.2) is 29.5 Å². The number of aromatic amines is 2. The van der Waals surface area contributed by atoms with Gasteiger partial charge in [-0.15, -0.1) is 0 Å². The van der Waals surface area contributed by atoms with E-state index in [2.05, 4.69) is 27.4 Å². The van der Waals surface area contributed by atoms with E-state index in [4.69, 9.17) is 4.74 Å². The van der Waals surface area contributed by atoms with Crippen LogP contribution in [0, 0.1) is 0 Å². The van der Waals surface area contributed by atoms with Gasteiger partial charge in [0.2, 0.25) is 0 Å². The van der Waals surface area contributed by atoms with Crippen LogP contribution in [0.4, 0.5) is 0 Å². The van der Waals surface area contributed by atoms with E-state index in [0.29, 0.717) is 12.2 Å². The van der Waals surface area contributed by atoms with Crippen molar-refractivity contribution in [2.75, 3.05) is 13.7 Å². The van der Waals surface area contributed by atoms with E-state index >= 15 is 0 Å². The molecule has 0 atom stereocenters. The van der Waals surface area contributed by atoms with Gasteiger partial charge in [0.05, 0.1) is 7.11 Å². The molecule has 0 aliphatic rings. The summed E-state index contributed by atoms with van der Waals surface area (Å²) in [6, 6.07) is 15.7. The molecule has 0 radical (unpaired) electrons. The third kappa shape index (κ3) is 2.96. The molecule has 2 aromatic carbocycles. The largest absolute Gasteiger partial charge is 0.497 e. The van der Waals surface area contributed by atoms with E-state index in [1.54, 1.807) is 7.11 Å². The lowest BCUT2D eigenvalue weighted by Crippen LogP contribution is -2.25. The Morgan fingerprint density at radius 2 is 2.00 bits per heavy atom. The van der Waals surface area contributed by atoms with Crippen molar-refractivity contribution < 1.29 is 9.53 Å². The second-order valence-electron chi connectivity index (χ2n) is 6.00. The number of H-pyrrole nitrogens is 2. The van der Waals surface area contributed by atoms with Gasteiger partial charge in [-0.2, -0.15) is 0 Å². The summed E-state index contributed by atoms with van der Waals surface area (Å²) in [5, 5.41) is 5.17. The zero-order valence-corrected chi connectivity index (χ0v) is 13.9. The number of carbonyl (C=O) groups is 1. The van der Waals surface area contributed by atoms with Gasteiger partial charge in [-0.3, -0.25) is 4.79 Å². The standard InChI is InChI=1S/C20H19N3O2/c1-25-15-7-6-13-10-19(23-18(13)11-15)20(24)21-9-8-14-12-22-17-5-3-2-4-16(14)17/h2-7,10-12,22-23H,8-9H2,1H3,(H,21,24). The molecule has 25 heavy (non-hydrogen) atoms. The molecule has 0 aliphatic heterocycles. The van der Waals surface area contributed by atoms with Crippen molar-refractivity contribution in [1.29, 1.82) is 0 Å². The first-order chi connectivity index (χ1) is 12.2. The van der Waals surface area contributed by atoms with Gasteiger partial charge in [-0.1, -0.05) is 18.2 Å². The SMILES string of the molecule is COc1ccc2cc(C(=O)NCCc3c[nH]c4ccccc34)[nH]c2c1. The summed E-state index contributed by atoms with van der Waals surface area (Å²) in [5.74, 6) is 0.663. The molecule has 3 N–H and O–H groups in total. The van der Waals surface area contributed by atoms with Gasteiger partial charge in [0, 0.05) is 40.6 Å². The van der Waals surface area contributed by atoms with Crippen LogP contribution in [0.1, 0.15) is 16.1 Å². The van der Waals surface area contributed by atoms with Crippen molar-refractivity contribution in [3.63, 3.8) is 0 Å². The number of rotatable bonds is 5. The number of ether oxygens (including phenoxy) is 1. The molecule has 2 aromatic heterocycles. The molecule has 5 nitrogen and oxygen atoms in total. The number of hydrogen-bond donors (Lipinski definition) is 3. The number of benzene rings is 2. The average Bonchev–Trinajstić information content (AvgIpc) is 3.25. The van der Waals surface area contributed by atoms with Crippen molar-refractivity contribution in [1.82, 2.24) is 15.3 Å². The number of amides is 1. The number of methoxy groups -OCH3 is 1. The topological polar surface area (TPSA) is 69.9 Å². The van der Waals surface area contributed by atoms with Gasteiger partial charge in [0.15, 0.2) is 0 Å². The molecule has 0 fully saturated rings.